The predicted molar refractivity (Wildman–Crippen MR) is 188 cm³/mol. The third-order valence-corrected chi connectivity index (χ3v) is 5.68. The van der Waals surface area contributed by atoms with Crippen molar-refractivity contribution in [1.82, 2.24) is 4.90 Å². The van der Waals surface area contributed by atoms with Gasteiger partial charge in [-0.05, 0) is 65.0 Å². The Morgan fingerprint density at radius 3 is 1.59 bits per heavy atom. The normalized spacial score (nSPS) is 11.8. The van der Waals surface area contributed by atoms with Crippen LogP contribution in [-0.4, -0.2) is 140 Å². The molecule has 0 fully saturated rings. The molecule has 3 atom stereocenters. The van der Waals surface area contributed by atoms with Gasteiger partial charge in [-0.15, -0.1) is 0 Å². The molecule has 0 heterocycles. The average Bonchev–Trinajstić information content (AvgIpc) is 2.91. The number of thiol groups is 1. The number of carbonyl (C=O) groups is 4. The number of quaternary nitrogens is 2. The van der Waals surface area contributed by atoms with Gasteiger partial charge in [0.1, 0.15) is 29.9 Å². The van der Waals surface area contributed by atoms with E-state index in [1.807, 2.05) is 0 Å². The summed E-state index contributed by atoms with van der Waals surface area (Å²) in [6.07, 6.45) is 4.42. The van der Waals surface area contributed by atoms with E-state index in [1.54, 1.807) is 7.05 Å². The molecule has 18 heteroatoms. The second kappa shape index (κ2) is 33.5. The van der Waals surface area contributed by atoms with Crippen molar-refractivity contribution in [3.8, 4) is 0 Å². The molecule has 0 amide bonds. The number of hydrogen-bond donors (Lipinski definition) is 11. The fourth-order valence-electron chi connectivity index (χ4n) is 2.45. The lowest BCUT2D eigenvalue weighted by Crippen LogP contribution is -2.50. The van der Waals surface area contributed by atoms with E-state index >= 15 is 0 Å². The van der Waals surface area contributed by atoms with Gasteiger partial charge in [-0.25, -0.2) is 0 Å². The second-order valence-electron chi connectivity index (χ2n) is 11.4. The molecular weight excluding hydrogens is 618 g/mol. The van der Waals surface area contributed by atoms with Gasteiger partial charge < -0.3 is 59.7 Å². The minimum atomic E-state index is -0.913. The van der Waals surface area contributed by atoms with Crippen molar-refractivity contribution in [2.24, 2.45) is 39.4 Å². The largest absolute Gasteiger partial charge is 0.480 e. The van der Waals surface area contributed by atoms with Gasteiger partial charge in [0.2, 0.25) is 0 Å². The van der Waals surface area contributed by atoms with Crippen molar-refractivity contribution in [2.45, 2.75) is 77.4 Å². The number of carboxylic acids is 1. The molecule has 0 saturated heterocycles. The van der Waals surface area contributed by atoms with E-state index < -0.39 is 12.0 Å². The zero-order valence-electron chi connectivity index (χ0n) is 29.2. The molecule has 0 aromatic rings. The Labute approximate surface area is 281 Å². The summed E-state index contributed by atoms with van der Waals surface area (Å²) in [5.41, 5.74) is 34.9. The van der Waals surface area contributed by atoms with E-state index in [2.05, 4.69) is 44.5 Å². The number of aliphatic imine (C=N–C) groups is 1. The van der Waals surface area contributed by atoms with Gasteiger partial charge in [0.25, 0.3) is 0 Å². The first-order chi connectivity index (χ1) is 21.0. The molecule has 274 valence electrons. The number of carbonyl (C=O) groups excluding carboxylic acids is 3. The lowest BCUT2D eigenvalue weighted by atomic mass is 10.1. The second-order valence-corrected chi connectivity index (χ2v) is 11.8. The lowest BCUT2D eigenvalue weighted by molar-refractivity contribution is -0.870. The molecular formula is C28H67N11O6S+2. The number of hydrogen-bond acceptors (Lipinski definition) is 11. The number of nitrogens with zero attached hydrogens (tertiary/aromatic N) is 3. The van der Waals surface area contributed by atoms with Gasteiger partial charge in [-0.2, -0.15) is 12.6 Å². The van der Waals surface area contributed by atoms with E-state index in [-0.39, 0.29) is 54.5 Å². The van der Waals surface area contributed by atoms with E-state index in [0.29, 0.717) is 31.6 Å². The monoisotopic (exact) mass is 685 g/mol. The summed E-state index contributed by atoms with van der Waals surface area (Å²) in [7, 11) is 7.76. The fourth-order valence-corrected chi connectivity index (χ4v) is 2.73. The van der Waals surface area contributed by atoms with Gasteiger partial charge in [0.15, 0.2) is 11.9 Å². The Kier molecular flexibility index (Phi) is 38.3. The van der Waals surface area contributed by atoms with Crippen LogP contribution in [0.25, 0.3) is 0 Å². The number of likely N-dealkylation sites (N-methyl/N-ethyl adjacent to an activating group) is 2. The Morgan fingerprint density at radius 2 is 1.35 bits per heavy atom. The maximum Gasteiger partial charge on any atom is 0.320 e. The molecule has 0 radical (unpaired) electrons. The minimum absolute atomic E-state index is 0.000278. The summed E-state index contributed by atoms with van der Waals surface area (Å²) in [6.45, 7) is 7.15. The molecule has 0 saturated carbocycles. The minimum Gasteiger partial charge on any atom is -0.480 e. The third-order valence-electron chi connectivity index (χ3n) is 5.43. The number of guanidine groups is 2. The van der Waals surface area contributed by atoms with Gasteiger partial charge in [0, 0.05) is 13.6 Å². The molecule has 46 heavy (non-hydrogen) atoms. The van der Waals surface area contributed by atoms with Crippen LogP contribution in [0.4, 0.5) is 0 Å². The Morgan fingerprint density at radius 1 is 0.891 bits per heavy atom. The van der Waals surface area contributed by atoms with Crippen LogP contribution in [-0.2, 0) is 19.2 Å². The molecule has 0 spiro atoms. The zero-order valence-corrected chi connectivity index (χ0v) is 30.1. The van der Waals surface area contributed by atoms with Crippen molar-refractivity contribution in [1.29, 1.82) is 5.41 Å². The van der Waals surface area contributed by atoms with Crippen molar-refractivity contribution in [2.75, 3.05) is 66.7 Å². The van der Waals surface area contributed by atoms with Crippen molar-refractivity contribution in [3.05, 3.63) is 0 Å². The van der Waals surface area contributed by atoms with Crippen LogP contribution in [0, 0.1) is 5.41 Å². The molecule has 0 aromatic heterocycles. The topological polar surface area (TPSA) is 332 Å². The number of ketones is 3. The van der Waals surface area contributed by atoms with Gasteiger partial charge in [0.05, 0.1) is 52.9 Å². The molecule has 18 N–H and O–H groups in total. The molecule has 0 aromatic carbocycles. The summed E-state index contributed by atoms with van der Waals surface area (Å²) in [6, 6.07) is -1.36. The Bertz CT molecular complexity index is 854. The number of nitrogens with two attached hydrogens (primary N) is 6. The van der Waals surface area contributed by atoms with E-state index in [1.165, 1.54) is 25.7 Å². The first-order valence-electron chi connectivity index (χ1n) is 14.9. The molecule has 17 nitrogen and oxygen atoms in total. The molecule has 0 unspecified atom stereocenters. The Hall–Kier alpha value is -2.87. The number of rotatable bonds is 17. The number of carboxylic acid groups (broad SMARTS) is 1. The highest BCUT2D eigenvalue weighted by Gasteiger charge is 2.09. The molecule has 0 aliphatic carbocycles. The summed E-state index contributed by atoms with van der Waals surface area (Å²) in [5, 5.41) is 23.6. The van der Waals surface area contributed by atoms with E-state index in [0.717, 1.165) is 36.8 Å². The highest BCUT2D eigenvalue weighted by atomic mass is 32.1. The third kappa shape index (κ3) is 50.7. The summed E-state index contributed by atoms with van der Waals surface area (Å²) in [5.74, 6) is -0.187. The van der Waals surface area contributed by atoms with E-state index in [4.69, 9.17) is 50.0 Å². The first-order valence-corrected chi connectivity index (χ1v) is 15.6. The van der Waals surface area contributed by atoms with Gasteiger partial charge in [-0.1, -0.05) is 0 Å². The predicted octanol–water partition coefficient (Wildman–Crippen LogP) is -2.93. The average molecular weight is 686 g/mol. The van der Waals surface area contributed by atoms with Gasteiger partial charge in [-0.3, -0.25) is 29.6 Å². The van der Waals surface area contributed by atoms with Gasteiger partial charge >= 0.3 is 5.97 Å². The molecule has 0 rings (SSSR count). The standard InChI is InChI=1S/C7H16N4O.C6H14N2O2.C5H11N3O.C5H11NOS.C5H14NO/c1-5(12)6(8)3-2-4-11-7(9)10;7-4-2-1-3-5(8)6(9)10;1-4(9)3-8(2)5(6)7;1-4(7)5(6)2-3-8;1-6(2,3)4-5-7/h6H,2-4,8H2,1H3,(H4,9,10,11);5H,1-4,7-8H2,(H,9,10);3H2,1-2H3,(H3,6,7);5,8H,2-3,6H2,1H3;7H,4-5H2,1-3H3/q;;;;+1/p+1/t6-;5-;;5-;/m00.0./s1. The highest BCUT2D eigenvalue weighted by Crippen LogP contribution is 1.97. The lowest BCUT2D eigenvalue weighted by Gasteiger charge is -2.21. The molecule has 0 aliphatic rings. The number of aliphatic carboxylic acids is 1. The van der Waals surface area contributed by atoms with Crippen LogP contribution in [0.3, 0.4) is 0 Å². The summed E-state index contributed by atoms with van der Waals surface area (Å²) in [4.78, 5) is 46.7. The highest BCUT2D eigenvalue weighted by molar-refractivity contribution is 7.80. The number of aliphatic hydroxyl groups excluding tert-OH is 1. The van der Waals surface area contributed by atoms with Crippen LogP contribution in [0.2, 0.25) is 0 Å². The smallest absolute Gasteiger partial charge is 0.320 e. The zero-order chi connectivity index (χ0) is 37.5. The quantitative estimate of drug-likeness (QED) is 0.0240. The summed E-state index contributed by atoms with van der Waals surface area (Å²) >= 11 is 3.92. The fraction of sp³-hybridized carbons (Fsp3) is 0.786. The maximum absolute atomic E-state index is 10.7. The first kappa shape index (κ1) is 52.7. The number of Topliss-reactive ketones (excluding diaryl/α,β-unsaturated/α-hetero) is 3. The van der Waals surface area contributed by atoms with Crippen LogP contribution in [0.5, 0.6) is 0 Å². The number of aliphatic hydroxyl groups is 1. The number of nitrogens with one attached hydrogen (secondary N) is 1. The van der Waals surface area contributed by atoms with Crippen LogP contribution >= 0.6 is 12.6 Å². The maximum atomic E-state index is 10.7. The number of unbranched alkanes of at least 4 members (excludes halogenated alkanes) is 1. The van der Waals surface area contributed by atoms with Crippen LogP contribution in [0.15, 0.2) is 4.99 Å². The van der Waals surface area contributed by atoms with Crippen molar-refractivity contribution in [3.63, 3.8) is 0 Å². The van der Waals surface area contributed by atoms with Crippen molar-refractivity contribution >= 4 is 47.9 Å². The van der Waals surface area contributed by atoms with Crippen molar-refractivity contribution < 1.29 is 39.6 Å². The summed E-state index contributed by atoms with van der Waals surface area (Å²) < 4.78 is 0.844. The Balaban J connectivity index is -0.000000154. The SMILES string of the molecule is CC(=O)CN(C)C(=N)N.CC(=O)[C@@H](N)CCCN=C(N)N.CC(=O)[C@@H](N)CCS.C[N+](C)(C)CCO.N[C@@H](CCCC[NH3+])C(=O)O. The van der Waals surface area contributed by atoms with E-state index in [9.17, 15) is 19.2 Å². The van der Waals surface area contributed by atoms with Crippen LogP contribution < -0.4 is 40.1 Å². The molecule has 0 bridgehead atoms. The molecule has 0 aliphatic heterocycles. The van der Waals surface area contributed by atoms with Crippen LogP contribution in [0.1, 0.15) is 59.3 Å².